The Balaban J connectivity index is 1.32. The Bertz CT molecular complexity index is 814. The molecule has 0 radical (unpaired) electrons. The van der Waals surface area contributed by atoms with Gasteiger partial charge in [0.15, 0.2) is 0 Å². The molecule has 2 heterocycles. The van der Waals surface area contributed by atoms with E-state index in [0.717, 1.165) is 36.3 Å². The second-order valence-electron chi connectivity index (χ2n) is 7.83. The summed E-state index contributed by atoms with van der Waals surface area (Å²) in [6.07, 6.45) is 4.91. The van der Waals surface area contributed by atoms with Crippen molar-refractivity contribution >= 4 is 22.9 Å². The highest BCUT2D eigenvalue weighted by Gasteiger charge is 2.38. The summed E-state index contributed by atoms with van der Waals surface area (Å²) in [5.74, 6) is 0.479. The molecular formula is C20H27N5O3. The van der Waals surface area contributed by atoms with Crippen LogP contribution >= 0.6 is 0 Å². The van der Waals surface area contributed by atoms with Gasteiger partial charge in [-0.1, -0.05) is 12.1 Å². The number of carbonyl (C=O) groups is 2. The van der Waals surface area contributed by atoms with Gasteiger partial charge >= 0.3 is 5.97 Å². The summed E-state index contributed by atoms with van der Waals surface area (Å²) in [6.45, 7) is 1.70. The van der Waals surface area contributed by atoms with Crippen molar-refractivity contribution in [1.82, 2.24) is 25.2 Å². The molecule has 8 nitrogen and oxygen atoms in total. The Kier molecular flexibility index (Phi) is 5.57. The number of hydrogen-bond acceptors (Lipinski definition) is 6. The lowest BCUT2D eigenvalue weighted by molar-refractivity contribution is -0.142. The molecule has 0 spiro atoms. The van der Waals surface area contributed by atoms with Gasteiger partial charge in [0.2, 0.25) is 5.91 Å². The number of nitrogens with one attached hydrogen (secondary N) is 1. The van der Waals surface area contributed by atoms with Gasteiger partial charge in [0.1, 0.15) is 17.6 Å². The molecule has 1 aromatic heterocycles. The molecule has 2 aliphatic rings. The highest BCUT2D eigenvalue weighted by Crippen LogP contribution is 2.35. The van der Waals surface area contributed by atoms with E-state index in [2.05, 4.69) is 20.4 Å². The molecule has 2 atom stereocenters. The van der Waals surface area contributed by atoms with Crippen molar-refractivity contribution in [3.63, 3.8) is 0 Å². The van der Waals surface area contributed by atoms with Crippen molar-refractivity contribution in [3.8, 4) is 0 Å². The number of esters is 1. The topological polar surface area (TPSA) is 89.3 Å². The fourth-order valence-electron chi connectivity index (χ4n) is 4.02. The van der Waals surface area contributed by atoms with Crippen molar-refractivity contribution in [2.45, 2.75) is 50.7 Å². The summed E-state index contributed by atoms with van der Waals surface area (Å²) in [5, 5.41) is 11.7. The number of likely N-dealkylation sites (tertiary alicyclic amines) is 1. The van der Waals surface area contributed by atoms with Crippen molar-refractivity contribution in [1.29, 1.82) is 0 Å². The minimum atomic E-state index is -0.160. The van der Waals surface area contributed by atoms with E-state index in [9.17, 15) is 9.59 Å². The SMILES string of the molecule is COC(=O)C[C@H]1CC[C@@H](CNC(=O)Cn2nc3ccccc3n2)N1CC1CC1. The highest BCUT2D eigenvalue weighted by molar-refractivity contribution is 5.77. The molecule has 150 valence electrons. The first-order valence-electron chi connectivity index (χ1n) is 10.0. The molecule has 0 bridgehead atoms. The number of methoxy groups -OCH3 is 1. The van der Waals surface area contributed by atoms with Gasteiger partial charge in [0.25, 0.3) is 0 Å². The quantitative estimate of drug-likeness (QED) is 0.690. The van der Waals surface area contributed by atoms with E-state index in [1.807, 2.05) is 24.3 Å². The molecule has 8 heteroatoms. The molecule has 2 fully saturated rings. The smallest absolute Gasteiger partial charge is 0.307 e. The van der Waals surface area contributed by atoms with E-state index in [-0.39, 0.29) is 30.5 Å². The van der Waals surface area contributed by atoms with E-state index < -0.39 is 0 Å². The first-order chi connectivity index (χ1) is 13.6. The fourth-order valence-corrected chi connectivity index (χ4v) is 4.02. The Morgan fingerprint density at radius 3 is 2.43 bits per heavy atom. The van der Waals surface area contributed by atoms with Crippen LogP contribution in [0.3, 0.4) is 0 Å². The first-order valence-corrected chi connectivity index (χ1v) is 10.0. The maximum atomic E-state index is 12.4. The molecule has 28 heavy (non-hydrogen) atoms. The maximum Gasteiger partial charge on any atom is 0.307 e. The number of benzene rings is 1. The van der Waals surface area contributed by atoms with Crippen molar-refractivity contribution in [2.24, 2.45) is 5.92 Å². The second-order valence-corrected chi connectivity index (χ2v) is 7.83. The van der Waals surface area contributed by atoms with Crippen LogP contribution < -0.4 is 5.32 Å². The predicted octanol–water partition coefficient (Wildman–Crippen LogP) is 1.35. The van der Waals surface area contributed by atoms with Crippen molar-refractivity contribution in [3.05, 3.63) is 24.3 Å². The molecule has 0 unspecified atom stereocenters. The summed E-state index contributed by atoms with van der Waals surface area (Å²) >= 11 is 0. The lowest BCUT2D eigenvalue weighted by Gasteiger charge is -2.30. The molecular weight excluding hydrogens is 358 g/mol. The van der Waals surface area contributed by atoms with Crippen LogP contribution in [0.2, 0.25) is 0 Å². The number of rotatable bonds is 8. The van der Waals surface area contributed by atoms with E-state index >= 15 is 0 Å². The molecule has 2 aromatic rings. The zero-order valence-electron chi connectivity index (χ0n) is 16.2. The Morgan fingerprint density at radius 2 is 1.79 bits per heavy atom. The average molecular weight is 385 g/mol. The van der Waals surface area contributed by atoms with Crippen LogP contribution in [0.25, 0.3) is 11.0 Å². The van der Waals surface area contributed by atoms with Crippen LogP contribution in [0.4, 0.5) is 0 Å². The van der Waals surface area contributed by atoms with Crippen LogP contribution in [0.5, 0.6) is 0 Å². The first kappa shape index (κ1) is 18.9. The van der Waals surface area contributed by atoms with E-state index in [4.69, 9.17) is 4.74 Å². The minimum Gasteiger partial charge on any atom is -0.469 e. The largest absolute Gasteiger partial charge is 0.469 e. The summed E-state index contributed by atoms with van der Waals surface area (Å²) in [7, 11) is 1.44. The standard InChI is InChI=1S/C20H27N5O3/c1-28-20(27)10-15-8-9-16(24(15)12-14-6-7-14)11-21-19(26)13-25-22-17-4-2-3-5-18(17)23-25/h2-5,14-16H,6-13H2,1H3,(H,21,26)/t15-,16+/m1/s1. The van der Waals surface area contributed by atoms with Crippen LogP contribution in [0.15, 0.2) is 24.3 Å². The van der Waals surface area contributed by atoms with Gasteiger partial charge in [-0.15, -0.1) is 0 Å². The van der Waals surface area contributed by atoms with E-state index in [0.29, 0.717) is 13.0 Å². The van der Waals surface area contributed by atoms with Gasteiger partial charge in [-0.3, -0.25) is 14.5 Å². The molecule has 1 N–H and O–H groups in total. The molecule has 4 rings (SSSR count). The Hall–Kier alpha value is -2.48. The summed E-state index contributed by atoms with van der Waals surface area (Å²) in [5.41, 5.74) is 1.57. The summed E-state index contributed by atoms with van der Waals surface area (Å²) < 4.78 is 4.85. The van der Waals surface area contributed by atoms with Gasteiger partial charge < -0.3 is 10.1 Å². The third-order valence-electron chi connectivity index (χ3n) is 5.72. The number of fused-ring (bicyclic) bond motifs is 1. The normalized spacial score (nSPS) is 22.5. The Morgan fingerprint density at radius 1 is 1.11 bits per heavy atom. The molecule has 1 saturated heterocycles. The van der Waals surface area contributed by atoms with Crippen LogP contribution in [0.1, 0.15) is 32.1 Å². The van der Waals surface area contributed by atoms with Gasteiger partial charge in [-0.2, -0.15) is 15.0 Å². The lowest BCUT2D eigenvalue weighted by Crippen LogP contribution is -2.45. The number of nitrogens with zero attached hydrogens (tertiary/aromatic N) is 4. The van der Waals surface area contributed by atoms with Crippen molar-refractivity contribution < 1.29 is 14.3 Å². The Labute approximate surface area is 164 Å². The lowest BCUT2D eigenvalue weighted by atomic mass is 10.1. The van der Waals surface area contributed by atoms with E-state index in [1.54, 1.807) is 0 Å². The number of aromatic nitrogens is 3. The zero-order valence-corrected chi connectivity index (χ0v) is 16.2. The van der Waals surface area contributed by atoms with Crippen LogP contribution in [-0.2, 0) is 20.9 Å². The second kappa shape index (κ2) is 8.26. The van der Waals surface area contributed by atoms with Gasteiger partial charge in [0, 0.05) is 25.2 Å². The highest BCUT2D eigenvalue weighted by atomic mass is 16.5. The molecule has 1 aromatic carbocycles. The molecule has 1 saturated carbocycles. The monoisotopic (exact) mass is 385 g/mol. The van der Waals surface area contributed by atoms with Gasteiger partial charge in [-0.25, -0.2) is 0 Å². The minimum absolute atomic E-state index is 0.0944. The number of carbonyl (C=O) groups excluding carboxylic acids is 2. The van der Waals surface area contributed by atoms with Gasteiger partial charge in [-0.05, 0) is 43.7 Å². The molecule has 1 amide bonds. The molecule has 1 aliphatic heterocycles. The maximum absolute atomic E-state index is 12.4. The van der Waals surface area contributed by atoms with Crippen LogP contribution in [-0.4, -0.2) is 64.1 Å². The number of hydrogen-bond donors (Lipinski definition) is 1. The van der Waals surface area contributed by atoms with E-state index in [1.165, 1.54) is 24.7 Å². The van der Waals surface area contributed by atoms with Crippen LogP contribution in [0, 0.1) is 5.92 Å². The predicted molar refractivity (Wildman–Crippen MR) is 103 cm³/mol. The average Bonchev–Trinajstić information content (AvgIpc) is 3.30. The van der Waals surface area contributed by atoms with Crippen molar-refractivity contribution in [2.75, 3.05) is 20.2 Å². The third kappa shape index (κ3) is 4.49. The zero-order chi connectivity index (χ0) is 19.5. The number of ether oxygens (including phenoxy) is 1. The summed E-state index contributed by atoms with van der Waals surface area (Å²) in [4.78, 5) is 28.0. The summed E-state index contributed by atoms with van der Waals surface area (Å²) in [6, 6.07) is 8.05. The fraction of sp³-hybridized carbons (Fsp3) is 0.600. The third-order valence-corrected chi connectivity index (χ3v) is 5.72. The molecule has 1 aliphatic carbocycles. The number of amides is 1. The van der Waals surface area contributed by atoms with Gasteiger partial charge in [0.05, 0.1) is 13.5 Å².